The summed E-state index contributed by atoms with van der Waals surface area (Å²) in [5, 5.41) is 20.9. The van der Waals surface area contributed by atoms with Crippen molar-refractivity contribution in [3.63, 3.8) is 0 Å². The van der Waals surface area contributed by atoms with Gasteiger partial charge in [0.1, 0.15) is 12.7 Å². The van der Waals surface area contributed by atoms with Crippen molar-refractivity contribution in [3.05, 3.63) is 22.8 Å². The van der Waals surface area contributed by atoms with E-state index in [9.17, 15) is 15.0 Å². The fourth-order valence-electron chi connectivity index (χ4n) is 6.20. The molecule has 1 saturated carbocycles. The van der Waals surface area contributed by atoms with Gasteiger partial charge in [-0.2, -0.15) is 0 Å². The molecule has 2 heterocycles. The van der Waals surface area contributed by atoms with Crippen molar-refractivity contribution in [2.45, 2.75) is 84.7 Å². The molecule has 2 aliphatic heterocycles. The Labute approximate surface area is 167 Å². The number of aliphatic hydroxyl groups is 2. The lowest BCUT2D eigenvalue weighted by Gasteiger charge is -2.57. The van der Waals surface area contributed by atoms with E-state index >= 15 is 0 Å². The van der Waals surface area contributed by atoms with Crippen LogP contribution in [0.15, 0.2) is 22.8 Å². The fraction of sp³-hybridized carbons (Fsp3) is 0.783. The average Bonchev–Trinajstić information content (AvgIpc) is 3.11. The molecule has 2 fully saturated rings. The van der Waals surface area contributed by atoms with E-state index in [1.165, 1.54) is 13.3 Å². The minimum absolute atomic E-state index is 0.0624. The summed E-state index contributed by atoms with van der Waals surface area (Å²) in [6.07, 6.45) is 5.58. The van der Waals surface area contributed by atoms with Gasteiger partial charge in [0.05, 0.1) is 6.10 Å². The van der Waals surface area contributed by atoms with Crippen LogP contribution in [-0.2, 0) is 14.3 Å². The third-order valence-electron chi connectivity index (χ3n) is 8.06. The van der Waals surface area contributed by atoms with Gasteiger partial charge in [-0.3, -0.25) is 0 Å². The molecule has 1 saturated heterocycles. The second-order valence-corrected chi connectivity index (χ2v) is 10.2. The Bertz CT molecular complexity index is 750. The topological polar surface area (TPSA) is 76.0 Å². The van der Waals surface area contributed by atoms with E-state index < -0.39 is 17.9 Å². The standard InChI is InChI=1S/C23H34O5/c1-13(2)16-6-7-21(4)8-9-22(5)17(19(16)21)10-18-15(11-23(22,26)28-18)12-27-20(25)14(3)24/h11,13-14,17-18,24,26H,6-10,12H2,1-5H3/t14?,17-,18-,21-,22-,23-/m1/s1. The van der Waals surface area contributed by atoms with Gasteiger partial charge in [-0.05, 0) is 67.9 Å². The molecule has 5 nitrogen and oxygen atoms in total. The molecular weight excluding hydrogens is 356 g/mol. The molecule has 5 heteroatoms. The van der Waals surface area contributed by atoms with E-state index in [2.05, 4.69) is 27.7 Å². The van der Waals surface area contributed by atoms with Gasteiger partial charge in [0.2, 0.25) is 0 Å². The molecule has 2 bridgehead atoms. The summed E-state index contributed by atoms with van der Waals surface area (Å²) in [4.78, 5) is 11.7. The highest BCUT2D eigenvalue weighted by Gasteiger charge is 2.65. The number of hydrogen-bond acceptors (Lipinski definition) is 5. The number of allylic oxidation sites excluding steroid dienone is 2. The van der Waals surface area contributed by atoms with Crippen LogP contribution >= 0.6 is 0 Å². The Kier molecular flexibility index (Phi) is 4.61. The average molecular weight is 391 g/mol. The van der Waals surface area contributed by atoms with E-state index in [1.807, 2.05) is 0 Å². The number of aliphatic hydroxyl groups excluding tert-OH is 1. The predicted octanol–water partition coefficient (Wildman–Crippen LogP) is 3.50. The second-order valence-electron chi connectivity index (χ2n) is 10.2. The molecule has 28 heavy (non-hydrogen) atoms. The van der Waals surface area contributed by atoms with Crippen LogP contribution in [-0.4, -0.2) is 40.8 Å². The SMILES string of the molecule is CC(C)C1=C2[C@H]3C[C@H]4O[C@](O)(C=C4COC(=O)C(C)O)[C@]3(C)CC[C@@]2(C)CC1. The molecule has 0 amide bonds. The lowest BCUT2D eigenvalue weighted by molar-refractivity contribution is -0.288. The first-order valence-electron chi connectivity index (χ1n) is 10.7. The molecule has 0 radical (unpaired) electrons. The third kappa shape index (κ3) is 2.73. The zero-order valence-electron chi connectivity index (χ0n) is 17.7. The Morgan fingerprint density at radius 2 is 2.00 bits per heavy atom. The first-order chi connectivity index (χ1) is 13.0. The zero-order chi connectivity index (χ0) is 20.5. The molecular formula is C23H34O5. The van der Waals surface area contributed by atoms with Gasteiger partial charge < -0.3 is 19.7 Å². The smallest absolute Gasteiger partial charge is 0.334 e. The van der Waals surface area contributed by atoms with Crippen molar-refractivity contribution in [1.82, 2.24) is 0 Å². The highest BCUT2D eigenvalue weighted by atomic mass is 16.6. The van der Waals surface area contributed by atoms with Gasteiger partial charge in [0, 0.05) is 5.41 Å². The maximum atomic E-state index is 11.7. The van der Waals surface area contributed by atoms with Crippen LogP contribution in [0.1, 0.15) is 66.7 Å². The molecule has 0 aromatic heterocycles. The lowest BCUT2D eigenvalue weighted by Crippen LogP contribution is -2.58. The maximum absolute atomic E-state index is 11.7. The maximum Gasteiger partial charge on any atom is 0.334 e. The molecule has 0 spiro atoms. The summed E-state index contributed by atoms with van der Waals surface area (Å²) in [6.45, 7) is 10.6. The van der Waals surface area contributed by atoms with Crippen molar-refractivity contribution in [1.29, 1.82) is 0 Å². The van der Waals surface area contributed by atoms with Crippen LogP contribution in [0.25, 0.3) is 0 Å². The minimum atomic E-state index is -1.33. The Balaban J connectivity index is 1.67. The van der Waals surface area contributed by atoms with Crippen LogP contribution < -0.4 is 0 Å². The third-order valence-corrected chi connectivity index (χ3v) is 8.06. The van der Waals surface area contributed by atoms with Crippen LogP contribution in [0.5, 0.6) is 0 Å². The Hall–Kier alpha value is -1.17. The Morgan fingerprint density at radius 1 is 1.29 bits per heavy atom. The van der Waals surface area contributed by atoms with Crippen molar-refractivity contribution < 1.29 is 24.5 Å². The van der Waals surface area contributed by atoms with Crippen molar-refractivity contribution in [3.8, 4) is 0 Å². The summed E-state index contributed by atoms with van der Waals surface area (Å²) in [6, 6.07) is 0. The van der Waals surface area contributed by atoms with E-state index in [1.54, 1.807) is 17.2 Å². The lowest BCUT2D eigenvalue weighted by atomic mass is 9.52. The molecule has 2 aliphatic carbocycles. The summed E-state index contributed by atoms with van der Waals surface area (Å²) >= 11 is 0. The number of hydrogen-bond donors (Lipinski definition) is 2. The van der Waals surface area contributed by atoms with Gasteiger partial charge in [0.15, 0.2) is 5.79 Å². The van der Waals surface area contributed by atoms with E-state index in [4.69, 9.17) is 9.47 Å². The van der Waals surface area contributed by atoms with Gasteiger partial charge in [0.25, 0.3) is 0 Å². The highest BCUT2D eigenvalue weighted by molar-refractivity contribution is 5.74. The van der Waals surface area contributed by atoms with E-state index in [-0.39, 0.29) is 29.5 Å². The van der Waals surface area contributed by atoms with Crippen LogP contribution in [0.2, 0.25) is 0 Å². The summed E-state index contributed by atoms with van der Waals surface area (Å²) in [5.74, 6) is -1.18. The van der Waals surface area contributed by atoms with Gasteiger partial charge >= 0.3 is 5.97 Å². The first kappa shape index (κ1) is 20.1. The number of ether oxygens (including phenoxy) is 2. The van der Waals surface area contributed by atoms with Crippen LogP contribution in [0.3, 0.4) is 0 Å². The van der Waals surface area contributed by atoms with E-state index in [0.29, 0.717) is 5.92 Å². The predicted molar refractivity (Wildman–Crippen MR) is 105 cm³/mol. The molecule has 2 N–H and O–H groups in total. The van der Waals surface area contributed by atoms with Crippen molar-refractivity contribution >= 4 is 5.97 Å². The molecule has 6 atom stereocenters. The summed E-state index contributed by atoms with van der Waals surface area (Å²) in [5.41, 5.74) is 3.82. The van der Waals surface area contributed by atoms with Crippen molar-refractivity contribution in [2.24, 2.45) is 22.7 Å². The van der Waals surface area contributed by atoms with Crippen LogP contribution in [0.4, 0.5) is 0 Å². The molecule has 4 rings (SSSR count). The quantitative estimate of drug-likeness (QED) is 0.568. The second kappa shape index (κ2) is 6.41. The highest BCUT2D eigenvalue weighted by Crippen LogP contribution is 2.67. The minimum Gasteiger partial charge on any atom is -0.459 e. The first-order valence-corrected chi connectivity index (χ1v) is 10.7. The number of carbonyl (C=O) groups excluding carboxylic acids is 1. The number of fused-ring (bicyclic) bond motifs is 6. The monoisotopic (exact) mass is 390 g/mol. The Morgan fingerprint density at radius 3 is 2.64 bits per heavy atom. The largest absolute Gasteiger partial charge is 0.459 e. The normalized spacial score (nSPS) is 42.9. The number of esters is 1. The number of rotatable bonds is 4. The van der Waals surface area contributed by atoms with Crippen LogP contribution in [0, 0.1) is 22.7 Å². The molecule has 0 aromatic rings. The zero-order valence-corrected chi connectivity index (χ0v) is 17.7. The summed E-state index contributed by atoms with van der Waals surface area (Å²) in [7, 11) is 0. The van der Waals surface area contributed by atoms with Gasteiger partial charge in [-0.15, -0.1) is 0 Å². The molecule has 1 unspecified atom stereocenters. The van der Waals surface area contributed by atoms with Gasteiger partial charge in [-0.25, -0.2) is 4.79 Å². The number of carbonyl (C=O) groups is 1. The fourth-order valence-corrected chi connectivity index (χ4v) is 6.20. The van der Waals surface area contributed by atoms with Gasteiger partial charge in [-0.1, -0.05) is 38.8 Å². The summed E-state index contributed by atoms with van der Waals surface area (Å²) < 4.78 is 11.4. The van der Waals surface area contributed by atoms with E-state index in [0.717, 1.165) is 31.3 Å². The molecule has 4 aliphatic rings. The molecule has 156 valence electrons. The molecule has 0 aromatic carbocycles. The van der Waals surface area contributed by atoms with Crippen molar-refractivity contribution in [2.75, 3.05) is 6.61 Å².